The van der Waals surface area contributed by atoms with Gasteiger partial charge in [-0.3, -0.25) is 9.80 Å². The van der Waals surface area contributed by atoms with E-state index in [9.17, 15) is 18.0 Å². The molecule has 0 spiro atoms. The van der Waals surface area contributed by atoms with E-state index in [1.807, 2.05) is 36.9 Å². The minimum absolute atomic E-state index is 0.113. The van der Waals surface area contributed by atoms with Crippen molar-refractivity contribution in [1.82, 2.24) is 19.8 Å². The number of aromatic nitrogens is 2. The number of halogens is 3. The minimum Gasteiger partial charge on any atom is -0.446 e. The maximum absolute atomic E-state index is 13.0. The van der Waals surface area contributed by atoms with Gasteiger partial charge in [0, 0.05) is 32.7 Å². The molecule has 7 nitrogen and oxygen atoms in total. The van der Waals surface area contributed by atoms with E-state index < -0.39 is 11.9 Å². The Kier molecular flexibility index (Phi) is 7.25. The van der Waals surface area contributed by atoms with Gasteiger partial charge in [-0.05, 0) is 32.3 Å². The molecule has 0 aliphatic carbocycles. The smallest absolute Gasteiger partial charge is 0.434 e. The number of benzene rings is 1. The van der Waals surface area contributed by atoms with Crippen LogP contribution in [0, 0.1) is 0 Å². The highest BCUT2D eigenvalue weighted by atomic mass is 19.4. The number of amides is 1. The van der Waals surface area contributed by atoms with E-state index in [1.54, 1.807) is 4.90 Å². The number of anilines is 1. The van der Waals surface area contributed by atoms with Gasteiger partial charge in [0.1, 0.15) is 11.9 Å². The summed E-state index contributed by atoms with van der Waals surface area (Å²) in [4.78, 5) is 26.4. The zero-order valence-electron chi connectivity index (χ0n) is 19.4. The molecule has 2 aliphatic rings. The normalized spacial score (nSPS) is 22.6. The lowest BCUT2D eigenvalue weighted by molar-refractivity contribution is -0.141. The second-order valence-electron chi connectivity index (χ2n) is 9.11. The fraction of sp³-hybridized carbons (Fsp3) is 0.542. The SMILES string of the molecule is C[C@@H]1CN(c2cnc(C(F)(F)F)cn2)C[C@@H](C)N1C(=O)OC1CCN(Cc2ccccc2)CC1. The number of carbonyl (C=O) groups excluding carboxylic acids is 1. The molecule has 0 unspecified atom stereocenters. The summed E-state index contributed by atoms with van der Waals surface area (Å²) in [5.41, 5.74) is 0.255. The molecule has 3 heterocycles. The van der Waals surface area contributed by atoms with Crippen molar-refractivity contribution in [2.75, 3.05) is 31.1 Å². The molecule has 34 heavy (non-hydrogen) atoms. The number of alkyl halides is 3. The third-order valence-corrected chi connectivity index (χ3v) is 6.43. The lowest BCUT2D eigenvalue weighted by Crippen LogP contribution is -2.59. The van der Waals surface area contributed by atoms with Gasteiger partial charge in [-0.2, -0.15) is 13.2 Å². The Labute approximate surface area is 197 Å². The van der Waals surface area contributed by atoms with Crippen LogP contribution in [-0.4, -0.2) is 70.2 Å². The van der Waals surface area contributed by atoms with Crippen LogP contribution in [0.2, 0.25) is 0 Å². The Morgan fingerprint density at radius 3 is 2.24 bits per heavy atom. The number of piperazine rings is 1. The highest BCUT2D eigenvalue weighted by Gasteiger charge is 2.37. The van der Waals surface area contributed by atoms with Crippen LogP contribution >= 0.6 is 0 Å². The van der Waals surface area contributed by atoms with Crippen molar-refractivity contribution in [3.8, 4) is 0 Å². The standard InChI is InChI=1S/C24H30F3N5O2/c1-17-14-31(22-13-28-21(12-29-22)24(25,26)27)15-18(2)32(17)23(33)34-20-8-10-30(11-9-20)16-19-6-4-3-5-7-19/h3-7,12-13,17-18,20H,8-11,14-16H2,1-2H3/t17-,18-/m1/s1. The first-order valence-corrected chi connectivity index (χ1v) is 11.6. The van der Waals surface area contributed by atoms with E-state index in [4.69, 9.17) is 4.74 Å². The summed E-state index contributed by atoms with van der Waals surface area (Å²) in [7, 11) is 0. The number of hydrogen-bond donors (Lipinski definition) is 0. The van der Waals surface area contributed by atoms with Crippen LogP contribution in [0.4, 0.5) is 23.8 Å². The van der Waals surface area contributed by atoms with Crippen molar-refractivity contribution in [2.24, 2.45) is 0 Å². The molecular formula is C24H30F3N5O2. The first-order valence-electron chi connectivity index (χ1n) is 11.6. The number of hydrogen-bond acceptors (Lipinski definition) is 6. The van der Waals surface area contributed by atoms with E-state index in [0.717, 1.165) is 44.9 Å². The monoisotopic (exact) mass is 477 g/mol. The molecule has 1 aromatic carbocycles. The largest absolute Gasteiger partial charge is 0.446 e. The van der Waals surface area contributed by atoms with E-state index in [1.165, 1.54) is 5.56 Å². The van der Waals surface area contributed by atoms with Gasteiger partial charge in [-0.1, -0.05) is 30.3 Å². The number of nitrogens with zero attached hydrogens (tertiary/aromatic N) is 5. The summed E-state index contributed by atoms with van der Waals surface area (Å²) in [6.07, 6.45) is -1.50. The second kappa shape index (κ2) is 10.2. The highest BCUT2D eigenvalue weighted by molar-refractivity contribution is 5.69. The molecule has 0 saturated carbocycles. The summed E-state index contributed by atoms with van der Waals surface area (Å²) in [5.74, 6) is 0.366. The number of piperidine rings is 1. The third kappa shape index (κ3) is 5.78. The number of rotatable bonds is 4. The summed E-state index contributed by atoms with van der Waals surface area (Å²) < 4.78 is 44.1. The molecule has 2 atom stereocenters. The second-order valence-corrected chi connectivity index (χ2v) is 9.11. The molecule has 2 saturated heterocycles. The van der Waals surface area contributed by atoms with Gasteiger partial charge >= 0.3 is 12.3 Å². The van der Waals surface area contributed by atoms with Gasteiger partial charge < -0.3 is 9.64 Å². The maximum atomic E-state index is 13.0. The number of likely N-dealkylation sites (tertiary alicyclic amines) is 1. The van der Waals surface area contributed by atoms with Gasteiger partial charge in [0.25, 0.3) is 0 Å². The van der Waals surface area contributed by atoms with Crippen molar-refractivity contribution in [3.05, 3.63) is 54.0 Å². The van der Waals surface area contributed by atoms with Gasteiger partial charge in [-0.25, -0.2) is 14.8 Å². The summed E-state index contributed by atoms with van der Waals surface area (Å²) in [5, 5.41) is 0. The quantitative estimate of drug-likeness (QED) is 0.658. The lowest BCUT2D eigenvalue weighted by Gasteiger charge is -2.44. The Hall–Kier alpha value is -2.88. The first kappa shape index (κ1) is 24.3. The van der Waals surface area contributed by atoms with Gasteiger partial charge in [0.05, 0.1) is 24.5 Å². The molecule has 2 aliphatic heterocycles. The number of carbonyl (C=O) groups is 1. The first-order chi connectivity index (χ1) is 16.2. The number of ether oxygens (including phenoxy) is 1. The fourth-order valence-electron chi connectivity index (χ4n) is 4.73. The predicted octanol–water partition coefficient (Wildman–Crippen LogP) is 4.20. The summed E-state index contributed by atoms with van der Waals surface area (Å²) in [6, 6.07) is 9.95. The van der Waals surface area contributed by atoms with Gasteiger partial charge in [0.2, 0.25) is 0 Å². The zero-order valence-corrected chi connectivity index (χ0v) is 19.4. The van der Waals surface area contributed by atoms with Crippen molar-refractivity contribution in [1.29, 1.82) is 0 Å². The van der Waals surface area contributed by atoms with Crippen LogP contribution in [0.15, 0.2) is 42.7 Å². The minimum atomic E-state index is -4.52. The van der Waals surface area contributed by atoms with Crippen LogP contribution in [-0.2, 0) is 17.5 Å². The Balaban J connectivity index is 1.28. The van der Waals surface area contributed by atoms with E-state index in [-0.39, 0.29) is 24.3 Å². The zero-order chi connectivity index (χ0) is 24.3. The Bertz CT molecular complexity index is 937. The molecule has 2 aromatic rings. The highest BCUT2D eigenvalue weighted by Crippen LogP contribution is 2.28. The maximum Gasteiger partial charge on any atom is 0.434 e. The lowest BCUT2D eigenvalue weighted by atomic mass is 10.1. The Morgan fingerprint density at radius 1 is 1.03 bits per heavy atom. The summed E-state index contributed by atoms with van der Waals surface area (Å²) >= 11 is 0. The van der Waals surface area contributed by atoms with E-state index >= 15 is 0 Å². The topological polar surface area (TPSA) is 61.8 Å². The third-order valence-electron chi connectivity index (χ3n) is 6.43. The van der Waals surface area contributed by atoms with Crippen LogP contribution < -0.4 is 4.90 Å². The fourth-order valence-corrected chi connectivity index (χ4v) is 4.73. The van der Waals surface area contributed by atoms with E-state index in [2.05, 4.69) is 27.0 Å². The molecule has 0 N–H and O–H groups in total. The predicted molar refractivity (Wildman–Crippen MR) is 121 cm³/mol. The molecule has 184 valence electrons. The van der Waals surface area contributed by atoms with Gasteiger partial charge in [0.15, 0.2) is 5.69 Å². The van der Waals surface area contributed by atoms with Crippen molar-refractivity contribution in [3.63, 3.8) is 0 Å². The van der Waals surface area contributed by atoms with Gasteiger partial charge in [-0.15, -0.1) is 0 Å². The molecule has 4 rings (SSSR count). The van der Waals surface area contributed by atoms with Crippen LogP contribution in [0.25, 0.3) is 0 Å². The molecule has 2 fully saturated rings. The van der Waals surface area contributed by atoms with Crippen LogP contribution in [0.5, 0.6) is 0 Å². The molecule has 1 aromatic heterocycles. The van der Waals surface area contributed by atoms with Crippen LogP contribution in [0.3, 0.4) is 0 Å². The van der Waals surface area contributed by atoms with Crippen molar-refractivity contribution in [2.45, 2.75) is 57.6 Å². The molecule has 1 amide bonds. The molecule has 0 radical (unpaired) electrons. The Morgan fingerprint density at radius 2 is 1.68 bits per heavy atom. The molecular weight excluding hydrogens is 447 g/mol. The molecule has 0 bridgehead atoms. The van der Waals surface area contributed by atoms with E-state index in [0.29, 0.717) is 18.9 Å². The summed E-state index contributed by atoms with van der Waals surface area (Å²) in [6.45, 7) is 7.33. The van der Waals surface area contributed by atoms with Crippen molar-refractivity contribution >= 4 is 11.9 Å². The van der Waals surface area contributed by atoms with Crippen LogP contribution in [0.1, 0.15) is 37.9 Å². The average Bonchev–Trinajstić information content (AvgIpc) is 2.80. The molecule has 10 heteroatoms. The average molecular weight is 478 g/mol. The van der Waals surface area contributed by atoms with Crippen molar-refractivity contribution < 1.29 is 22.7 Å².